The van der Waals surface area contributed by atoms with Crippen LogP contribution in [-0.2, 0) is 19.1 Å². The summed E-state index contributed by atoms with van der Waals surface area (Å²) in [5.41, 5.74) is 0. The summed E-state index contributed by atoms with van der Waals surface area (Å²) >= 11 is 0. The largest absolute Gasteiger partial charge is 0.463 e. The number of aliphatic hydroxyl groups is 2. The van der Waals surface area contributed by atoms with Gasteiger partial charge in [0.25, 0.3) is 0 Å². The lowest BCUT2D eigenvalue weighted by atomic mass is 10.0. The molecule has 0 heterocycles. The molecule has 0 aliphatic carbocycles. The van der Waals surface area contributed by atoms with E-state index in [-0.39, 0.29) is 32.0 Å². The standard InChI is InChI=1S/C40H66O6/c1-4-5-6-7-8-9-10-11-12-13-14-15-18-21-24-27-30-37(41)32-33-40(44)46-35-38(42)34-45-39(43)31-28-25-22-19-16-17-20-23-26-29-36(2)3/h5-6,8-9,11-12,14-15,21,24,27,30,36-38,41-42H,4,7,10,13,16-20,22-23,25-26,28-29,31-35H2,1-3H3/b6-5-,9-8-,12-11-,15-14-,24-21-,30-27-/t37?,38-/m1/s1. The number of carbonyl (C=O) groups is 2. The smallest absolute Gasteiger partial charge is 0.305 e. The van der Waals surface area contributed by atoms with Gasteiger partial charge in [-0.25, -0.2) is 0 Å². The van der Waals surface area contributed by atoms with E-state index in [0.29, 0.717) is 6.42 Å². The molecule has 0 radical (unpaired) electrons. The number of aliphatic hydroxyl groups excluding tert-OH is 2. The van der Waals surface area contributed by atoms with Crippen LogP contribution < -0.4 is 0 Å². The molecule has 0 aromatic carbocycles. The van der Waals surface area contributed by atoms with Gasteiger partial charge in [-0.3, -0.25) is 9.59 Å². The summed E-state index contributed by atoms with van der Waals surface area (Å²) in [5, 5.41) is 20.0. The normalized spacial score (nSPS) is 13.9. The Balaban J connectivity index is 3.74. The molecule has 46 heavy (non-hydrogen) atoms. The van der Waals surface area contributed by atoms with Gasteiger partial charge in [-0.2, -0.15) is 0 Å². The zero-order chi connectivity index (χ0) is 33.9. The number of carbonyl (C=O) groups excluding carboxylic acids is 2. The van der Waals surface area contributed by atoms with Crippen LogP contribution >= 0.6 is 0 Å². The molecule has 0 amide bonds. The summed E-state index contributed by atoms with van der Waals surface area (Å²) < 4.78 is 10.2. The van der Waals surface area contributed by atoms with Crippen molar-refractivity contribution in [3.8, 4) is 0 Å². The first-order valence-electron chi connectivity index (χ1n) is 18.0. The first kappa shape index (κ1) is 43.3. The van der Waals surface area contributed by atoms with E-state index in [1.54, 1.807) is 12.2 Å². The van der Waals surface area contributed by atoms with Crippen LogP contribution in [0.1, 0.15) is 136 Å². The molecule has 0 aromatic heterocycles. The van der Waals surface area contributed by atoms with Gasteiger partial charge in [0.05, 0.1) is 6.10 Å². The van der Waals surface area contributed by atoms with Gasteiger partial charge in [0.15, 0.2) is 0 Å². The van der Waals surface area contributed by atoms with Crippen LogP contribution in [0, 0.1) is 5.92 Å². The van der Waals surface area contributed by atoms with E-state index in [9.17, 15) is 19.8 Å². The zero-order valence-corrected chi connectivity index (χ0v) is 29.3. The molecule has 0 aliphatic rings. The molecule has 0 saturated heterocycles. The Bertz CT molecular complexity index is 895. The lowest BCUT2D eigenvalue weighted by molar-refractivity contribution is -0.152. The van der Waals surface area contributed by atoms with Gasteiger partial charge in [0.1, 0.15) is 19.3 Å². The van der Waals surface area contributed by atoms with E-state index in [1.807, 2.05) is 12.2 Å². The molecular formula is C40H66O6. The SMILES string of the molecule is CC/C=C\C/C=C\C/C=C\C/C=C\C/C=C\C=C/C(O)CCC(=O)OC[C@H](O)COC(=O)CCCCCCCCCCCC(C)C. The highest BCUT2D eigenvalue weighted by molar-refractivity contribution is 5.69. The number of hydrogen-bond donors (Lipinski definition) is 2. The van der Waals surface area contributed by atoms with Crippen molar-refractivity contribution in [2.24, 2.45) is 5.92 Å². The molecule has 262 valence electrons. The first-order chi connectivity index (χ1) is 22.3. The van der Waals surface area contributed by atoms with Crippen LogP contribution in [-0.4, -0.2) is 47.6 Å². The van der Waals surface area contributed by atoms with Crippen LogP contribution in [0.4, 0.5) is 0 Å². The third-order valence-electron chi connectivity index (χ3n) is 7.25. The number of rotatable bonds is 30. The van der Waals surface area contributed by atoms with E-state index < -0.39 is 18.2 Å². The highest BCUT2D eigenvalue weighted by Crippen LogP contribution is 2.13. The molecule has 0 aliphatic heterocycles. The van der Waals surface area contributed by atoms with Crippen molar-refractivity contribution in [1.29, 1.82) is 0 Å². The van der Waals surface area contributed by atoms with Gasteiger partial charge >= 0.3 is 11.9 Å². The van der Waals surface area contributed by atoms with Gasteiger partial charge in [-0.05, 0) is 50.9 Å². The fourth-order valence-electron chi connectivity index (χ4n) is 4.50. The van der Waals surface area contributed by atoms with Crippen LogP contribution in [0.3, 0.4) is 0 Å². The lowest BCUT2D eigenvalue weighted by Gasteiger charge is -2.12. The summed E-state index contributed by atoms with van der Waals surface area (Å²) in [6.07, 6.45) is 40.1. The Labute approximate surface area is 281 Å². The average molecular weight is 643 g/mol. The summed E-state index contributed by atoms with van der Waals surface area (Å²) in [6.45, 7) is 6.26. The van der Waals surface area contributed by atoms with Gasteiger partial charge < -0.3 is 19.7 Å². The van der Waals surface area contributed by atoms with E-state index in [0.717, 1.165) is 57.3 Å². The van der Waals surface area contributed by atoms with Crippen molar-refractivity contribution in [2.75, 3.05) is 13.2 Å². The van der Waals surface area contributed by atoms with Crippen molar-refractivity contribution < 1.29 is 29.3 Å². The maximum absolute atomic E-state index is 11.9. The van der Waals surface area contributed by atoms with Crippen LogP contribution in [0.2, 0.25) is 0 Å². The fourth-order valence-corrected chi connectivity index (χ4v) is 4.50. The number of esters is 2. The molecule has 0 saturated carbocycles. The first-order valence-corrected chi connectivity index (χ1v) is 18.0. The van der Waals surface area contributed by atoms with Crippen LogP contribution in [0.25, 0.3) is 0 Å². The Morgan fingerprint density at radius 1 is 0.565 bits per heavy atom. The molecule has 2 atom stereocenters. The average Bonchev–Trinajstić information content (AvgIpc) is 3.03. The maximum Gasteiger partial charge on any atom is 0.305 e. The predicted molar refractivity (Wildman–Crippen MR) is 192 cm³/mol. The van der Waals surface area contributed by atoms with Gasteiger partial charge in [0, 0.05) is 12.8 Å². The maximum atomic E-state index is 11.9. The second-order valence-corrected chi connectivity index (χ2v) is 12.3. The van der Waals surface area contributed by atoms with Gasteiger partial charge in [-0.1, -0.05) is 151 Å². The van der Waals surface area contributed by atoms with E-state index >= 15 is 0 Å². The third-order valence-corrected chi connectivity index (χ3v) is 7.25. The topological polar surface area (TPSA) is 93.1 Å². The van der Waals surface area contributed by atoms with Crippen molar-refractivity contribution in [1.82, 2.24) is 0 Å². The van der Waals surface area contributed by atoms with E-state index in [2.05, 4.69) is 69.4 Å². The predicted octanol–water partition coefficient (Wildman–Crippen LogP) is 9.83. The Morgan fingerprint density at radius 3 is 1.54 bits per heavy atom. The van der Waals surface area contributed by atoms with Crippen molar-refractivity contribution >= 4 is 11.9 Å². The van der Waals surface area contributed by atoms with Crippen LogP contribution in [0.15, 0.2) is 72.9 Å². The molecule has 0 bridgehead atoms. The highest BCUT2D eigenvalue weighted by Gasteiger charge is 2.13. The summed E-state index contributed by atoms with van der Waals surface area (Å²) in [4.78, 5) is 23.9. The molecule has 2 N–H and O–H groups in total. The highest BCUT2D eigenvalue weighted by atomic mass is 16.6. The fraction of sp³-hybridized carbons (Fsp3) is 0.650. The summed E-state index contributed by atoms with van der Waals surface area (Å²) in [5.74, 6) is -0.0418. The van der Waals surface area contributed by atoms with Gasteiger partial charge in [-0.15, -0.1) is 0 Å². The number of ether oxygens (including phenoxy) is 2. The third kappa shape index (κ3) is 34.2. The second-order valence-electron chi connectivity index (χ2n) is 12.3. The van der Waals surface area contributed by atoms with E-state index in [4.69, 9.17) is 9.47 Å². The lowest BCUT2D eigenvalue weighted by Crippen LogP contribution is -2.25. The minimum Gasteiger partial charge on any atom is -0.463 e. The molecule has 6 nitrogen and oxygen atoms in total. The minimum absolute atomic E-state index is 0.0296. The van der Waals surface area contributed by atoms with Crippen molar-refractivity contribution in [2.45, 2.75) is 149 Å². The Hall–Kier alpha value is -2.70. The molecule has 6 heteroatoms. The van der Waals surface area contributed by atoms with Crippen molar-refractivity contribution in [3.05, 3.63) is 72.9 Å². The van der Waals surface area contributed by atoms with Gasteiger partial charge in [0.2, 0.25) is 0 Å². The minimum atomic E-state index is -1.06. The quantitative estimate of drug-likeness (QED) is 0.0351. The van der Waals surface area contributed by atoms with Crippen LogP contribution in [0.5, 0.6) is 0 Å². The zero-order valence-electron chi connectivity index (χ0n) is 29.3. The molecule has 0 spiro atoms. The van der Waals surface area contributed by atoms with E-state index in [1.165, 1.54) is 44.9 Å². The summed E-state index contributed by atoms with van der Waals surface area (Å²) in [6, 6.07) is 0. The number of allylic oxidation sites excluding steroid dienone is 11. The molecule has 1 unspecified atom stereocenters. The Morgan fingerprint density at radius 2 is 1.02 bits per heavy atom. The summed E-state index contributed by atoms with van der Waals surface area (Å²) in [7, 11) is 0. The molecule has 0 fully saturated rings. The Kier molecular flexibility index (Phi) is 31.7. The molecule has 0 rings (SSSR count). The monoisotopic (exact) mass is 642 g/mol. The number of unbranched alkanes of at least 4 members (excludes halogenated alkanes) is 8. The van der Waals surface area contributed by atoms with Crippen molar-refractivity contribution in [3.63, 3.8) is 0 Å². The molecule has 0 aromatic rings. The number of hydrogen-bond acceptors (Lipinski definition) is 6. The molecular weight excluding hydrogens is 576 g/mol. The second kappa shape index (κ2) is 33.7.